The van der Waals surface area contributed by atoms with E-state index in [0.29, 0.717) is 0 Å². The third-order valence-electron chi connectivity index (χ3n) is 16.3. The molecule has 5 heterocycles. The molecule has 2 aliphatic rings. The van der Waals surface area contributed by atoms with Gasteiger partial charge in [0.1, 0.15) is 46.0 Å². The molecular weight excluding hydrogens is 1100 g/mol. The van der Waals surface area contributed by atoms with E-state index in [1.54, 1.807) is 56.9 Å². The number of nitrogens with one attached hydrogen (secondary N) is 2. The summed E-state index contributed by atoms with van der Waals surface area (Å²) in [6, 6.07) is 65.9. The Labute approximate surface area is 510 Å². The van der Waals surface area contributed by atoms with E-state index in [0.717, 1.165) is 180 Å². The lowest BCUT2D eigenvalue weighted by molar-refractivity contribution is 0.404. The minimum atomic E-state index is 0.734. The monoisotopic (exact) mass is 1160 g/mol. The smallest absolute Gasteiger partial charge is 0.126 e. The highest BCUT2D eigenvalue weighted by Crippen LogP contribution is 2.44. The predicted octanol–water partition coefficient (Wildman–Crippen LogP) is 18.1. The second-order valence-corrected chi connectivity index (χ2v) is 21.1. The molecule has 3 aromatic heterocycles. The van der Waals surface area contributed by atoms with E-state index in [4.69, 9.17) is 47.9 Å². The van der Waals surface area contributed by atoms with Crippen molar-refractivity contribution < 1.29 is 37.9 Å². The first-order chi connectivity index (χ1) is 43.2. The summed E-state index contributed by atoms with van der Waals surface area (Å²) in [4.78, 5) is 19.1. The standard InChI is InChI=1S/C76H62N4O8/c1-81-53-25-37-69(85-5)57(41-53)45-9-17-49(18-10-45)73-61-29-31-63(77-61)74(50-19-11-46(12-20-50)58-42-54(82-2)26-38-70(58)86-6)65-33-35-67(79-65)76(52-23-15-48(16-24-52)60-44-56(84-4)28-40-72(60)88-8)68-36-34-66(80-68)75(64-32-30-62(73)78-64)51-21-13-47(14-22-51)59-43-55(83-3)27-39-71(59)87-7/h9-44,77,80H,1-8H3. The van der Waals surface area contributed by atoms with Crippen LogP contribution in [0.2, 0.25) is 0 Å². The molecule has 434 valence electrons. The Kier molecular flexibility index (Phi) is 15.3. The molecule has 11 aromatic rings. The lowest BCUT2D eigenvalue weighted by Crippen LogP contribution is -1.92. The van der Waals surface area contributed by atoms with E-state index in [2.05, 4.69) is 156 Å². The molecule has 0 spiro atoms. The second-order valence-electron chi connectivity index (χ2n) is 21.1. The summed E-state index contributed by atoms with van der Waals surface area (Å²) in [5, 5.41) is 0. The molecule has 0 saturated carbocycles. The summed E-state index contributed by atoms with van der Waals surface area (Å²) < 4.78 is 46.0. The molecule has 0 aliphatic carbocycles. The van der Waals surface area contributed by atoms with Crippen LogP contribution in [-0.4, -0.2) is 76.8 Å². The van der Waals surface area contributed by atoms with Crippen molar-refractivity contribution in [2.75, 3.05) is 56.9 Å². The fourth-order valence-corrected chi connectivity index (χ4v) is 11.8. The van der Waals surface area contributed by atoms with Crippen molar-refractivity contribution in [1.29, 1.82) is 0 Å². The SMILES string of the molecule is COc1ccc(OC)c(-c2ccc(-c3c4nc(c(-c5ccc(-c6cc(OC)ccc6OC)cc5)c5ccc([nH]5)c(-c5ccc(-c6cc(OC)ccc6OC)cc5)c5nc(c(-c6ccc(-c7cc(OC)ccc7OC)cc6)c6ccc3[nH]6)C=C5)C=C4)cc2)c1. The van der Waals surface area contributed by atoms with Crippen LogP contribution in [0, 0.1) is 0 Å². The van der Waals surface area contributed by atoms with Gasteiger partial charge in [-0.05, 0) is 166 Å². The van der Waals surface area contributed by atoms with Gasteiger partial charge in [0.05, 0.1) is 79.7 Å². The Balaban J connectivity index is 1.08. The maximum absolute atomic E-state index is 5.85. The van der Waals surface area contributed by atoms with Crippen molar-refractivity contribution in [2.24, 2.45) is 0 Å². The molecule has 2 N–H and O–H groups in total. The number of ether oxygens (including phenoxy) is 8. The lowest BCUT2D eigenvalue weighted by Gasteiger charge is -2.12. The molecule has 8 aromatic carbocycles. The molecule has 0 fully saturated rings. The van der Waals surface area contributed by atoms with Gasteiger partial charge in [-0.25, -0.2) is 9.97 Å². The zero-order valence-electron chi connectivity index (χ0n) is 49.9. The summed E-state index contributed by atoms with van der Waals surface area (Å²) in [5.74, 6) is 5.90. The van der Waals surface area contributed by atoms with Gasteiger partial charge in [0.25, 0.3) is 0 Å². The van der Waals surface area contributed by atoms with E-state index in [1.807, 2.05) is 72.8 Å². The molecule has 0 amide bonds. The zero-order valence-corrected chi connectivity index (χ0v) is 49.9. The quantitative estimate of drug-likeness (QED) is 0.0964. The van der Waals surface area contributed by atoms with Crippen LogP contribution in [-0.2, 0) is 0 Å². The van der Waals surface area contributed by atoms with Crippen LogP contribution in [0.3, 0.4) is 0 Å². The van der Waals surface area contributed by atoms with Gasteiger partial charge in [0.15, 0.2) is 0 Å². The van der Waals surface area contributed by atoms with Gasteiger partial charge in [0.2, 0.25) is 0 Å². The molecule has 88 heavy (non-hydrogen) atoms. The van der Waals surface area contributed by atoms with Crippen molar-refractivity contribution in [1.82, 2.24) is 19.9 Å². The van der Waals surface area contributed by atoms with Gasteiger partial charge in [-0.15, -0.1) is 0 Å². The van der Waals surface area contributed by atoms with E-state index in [9.17, 15) is 0 Å². The van der Waals surface area contributed by atoms with Crippen molar-refractivity contribution in [3.05, 3.63) is 217 Å². The first-order valence-corrected chi connectivity index (χ1v) is 28.7. The second kappa shape index (κ2) is 24.0. The topological polar surface area (TPSA) is 131 Å². The van der Waals surface area contributed by atoms with Gasteiger partial charge >= 0.3 is 0 Å². The number of nitrogens with zero attached hydrogens (tertiary/aromatic N) is 2. The van der Waals surface area contributed by atoms with E-state index in [-0.39, 0.29) is 0 Å². The summed E-state index contributed by atoms with van der Waals surface area (Å²) in [6.45, 7) is 0. The minimum Gasteiger partial charge on any atom is -0.497 e. The fraction of sp³-hybridized carbons (Fsp3) is 0.105. The summed E-state index contributed by atoms with van der Waals surface area (Å²) in [5.41, 5.74) is 21.5. The molecule has 0 unspecified atom stereocenters. The molecule has 2 aliphatic heterocycles. The van der Waals surface area contributed by atoms with Crippen molar-refractivity contribution in [3.8, 4) is 135 Å². The van der Waals surface area contributed by atoms with Crippen LogP contribution in [0.1, 0.15) is 22.8 Å². The van der Waals surface area contributed by atoms with Crippen molar-refractivity contribution in [2.45, 2.75) is 0 Å². The Morgan fingerprint density at radius 1 is 0.227 bits per heavy atom. The predicted molar refractivity (Wildman–Crippen MR) is 355 cm³/mol. The van der Waals surface area contributed by atoms with Crippen molar-refractivity contribution in [3.63, 3.8) is 0 Å². The molecule has 0 saturated heterocycles. The Morgan fingerprint density at radius 2 is 0.432 bits per heavy atom. The summed E-state index contributed by atoms with van der Waals surface area (Å²) in [7, 11) is 13.4. The maximum atomic E-state index is 5.85. The zero-order chi connectivity index (χ0) is 60.4. The normalized spacial score (nSPS) is 11.5. The molecular formula is C76H62N4O8. The van der Waals surface area contributed by atoms with Crippen LogP contribution in [0.5, 0.6) is 46.0 Å². The molecule has 13 rings (SSSR count). The minimum absolute atomic E-state index is 0.734. The van der Waals surface area contributed by atoms with Crippen LogP contribution in [0.15, 0.2) is 194 Å². The average molecular weight is 1160 g/mol. The Bertz CT molecular complexity index is 4110. The van der Waals surface area contributed by atoms with E-state index in [1.165, 1.54) is 0 Å². The van der Waals surface area contributed by atoms with Crippen molar-refractivity contribution >= 4 is 46.4 Å². The molecule has 0 radical (unpaired) electrons. The lowest BCUT2D eigenvalue weighted by atomic mass is 9.98. The Morgan fingerprint density at radius 3 is 0.625 bits per heavy atom. The summed E-state index contributed by atoms with van der Waals surface area (Å²) in [6.07, 6.45) is 8.44. The highest BCUT2D eigenvalue weighted by molar-refractivity contribution is 6.01. The number of hydrogen-bond donors (Lipinski definition) is 2. The third-order valence-corrected chi connectivity index (χ3v) is 16.3. The highest BCUT2D eigenvalue weighted by atomic mass is 16.5. The number of rotatable bonds is 16. The first kappa shape index (κ1) is 55.9. The number of H-pyrrole nitrogens is 2. The fourth-order valence-electron chi connectivity index (χ4n) is 11.8. The number of aromatic amines is 2. The number of aromatic nitrogens is 4. The van der Waals surface area contributed by atoms with Gasteiger partial charge in [-0.2, -0.15) is 0 Å². The summed E-state index contributed by atoms with van der Waals surface area (Å²) >= 11 is 0. The van der Waals surface area contributed by atoms with Gasteiger partial charge in [-0.3, -0.25) is 0 Å². The van der Waals surface area contributed by atoms with Gasteiger partial charge in [0, 0.05) is 66.6 Å². The van der Waals surface area contributed by atoms with Gasteiger partial charge in [-0.1, -0.05) is 97.1 Å². The van der Waals surface area contributed by atoms with E-state index >= 15 is 0 Å². The number of fused-ring (bicyclic) bond motifs is 8. The average Bonchev–Trinajstić information content (AvgIpc) is 2.98. The largest absolute Gasteiger partial charge is 0.497 e. The highest BCUT2D eigenvalue weighted by Gasteiger charge is 2.22. The third kappa shape index (κ3) is 10.5. The maximum Gasteiger partial charge on any atom is 0.126 e. The molecule has 12 nitrogen and oxygen atoms in total. The van der Waals surface area contributed by atoms with Crippen LogP contribution in [0.4, 0.5) is 0 Å². The van der Waals surface area contributed by atoms with Crippen LogP contribution in [0.25, 0.3) is 135 Å². The number of methoxy groups -OCH3 is 8. The van der Waals surface area contributed by atoms with Crippen LogP contribution < -0.4 is 37.9 Å². The van der Waals surface area contributed by atoms with E-state index < -0.39 is 0 Å². The molecule has 12 heteroatoms. The van der Waals surface area contributed by atoms with Gasteiger partial charge < -0.3 is 47.9 Å². The van der Waals surface area contributed by atoms with Crippen LogP contribution >= 0.6 is 0 Å². The number of hydrogen-bond acceptors (Lipinski definition) is 10. The first-order valence-electron chi connectivity index (χ1n) is 28.7. The Hall–Kier alpha value is -11.2. The molecule has 8 bridgehead atoms. The number of benzene rings is 8. The molecule has 0 atom stereocenters.